The number of rotatable bonds is 11. The number of nitrogens with one attached hydrogen (secondary N) is 2. The normalized spacial score (nSPS) is 23.2. The van der Waals surface area contributed by atoms with Crippen LogP contribution in [0.15, 0.2) is 24.3 Å². The molecular weight excluding hydrogens is 463 g/mol. The molecule has 1 aromatic carbocycles. The van der Waals surface area contributed by atoms with Crippen LogP contribution in [-0.4, -0.2) is 56.7 Å². The Hall–Kier alpha value is -0.881. The van der Waals surface area contributed by atoms with Crippen molar-refractivity contribution in [2.45, 2.75) is 61.2 Å². The minimum absolute atomic E-state index is 0.0433. The van der Waals surface area contributed by atoms with Crippen LogP contribution in [0.25, 0.3) is 0 Å². The number of hydrogen-bond donors (Lipinski definition) is 2. The van der Waals surface area contributed by atoms with E-state index in [1.54, 1.807) is 0 Å². The number of hydrogen-bond acceptors (Lipinski definition) is 4. The van der Waals surface area contributed by atoms with Crippen molar-refractivity contribution in [3.63, 3.8) is 0 Å². The fourth-order valence-electron chi connectivity index (χ4n) is 3.44. The van der Waals surface area contributed by atoms with Crippen LogP contribution >= 0.6 is 23.4 Å². The number of carbonyl (C=O) groups excluding carboxylic acids is 2. The first-order valence-electron chi connectivity index (χ1n) is 9.84. The zero-order valence-corrected chi connectivity index (χ0v) is 19.1. The number of esters is 1. The molecule has 28 heavy (non-hydrogen) atoms. The molecule has 8 heteroatoms. The summed E-state index contributed by atoms with van der Waals surface area (Å²) in [6, 6.07) is 8.52. The van der Waals surface area contributed by atoms with Gasteiger partial charge in [0.2, 0.25) is 0 Å². The van der Waals surface area contributed by atoms with Gasteiger partial charge in [0.1, 0.15) is 0 Å². The van der Waals surface area contributed by atoms with E-state index in [-0.39, 0.29) is 24.1 Å². The van der Waals surface area contributed by atoms with Gasteiger partial charge in [0.25, 0.3) is 0 Å². The van der Waals surface area contributed by atoms with E-state index in [0.29, 0.717) is 33.2 Å². The molecule has 2 aliphatic heterocycles. The van der Waals surface area contributed by atoms with Gasteiger partial charge < -0.3 is 10.6 Å². The number of carbonyl (C=O) groups is 2. The van der Waals surface area contributed by atoms with Crippen LogP contribution < -0.4 is 15.1 Å². The molecule has 1 aromatic rings. The Morgan fingerprint density at radius 1 is 1.18 bits per heavy atom. The van der Waals surface area contributed by atoms with Gasteiger partial charge in [0, 0.05) is 5.75 Å². The number of unbranched alkanes of at least 4 members (excludes halogenated alkanes) is 2. The molecule has 3 rings (SSSR count). The summed E-state index contributed by atoms with van der Waals surface area (Å²) in [5.41, 5.74) is 0. The Balaban J connectivity index is 1.16. The van der Waals surface area contributed by atoms with E-state index in [1.165, 1.54) is 4.46 Å². The van der Waals surface area contributed by atoms with Crippen LogP contribution in [0, 0.1) is 0 Å². The summed E-state index contributed by atoms with van der Waals surface area (Å²) in [5.74, 6) is 0.895. The molecule has 0 spiro atoms. The van der Waals surface area contributed by atoms with E-state index in [1.807, 2.05) is 23.9 Å². The Bertz CT molecular complexity index is 661. The Kier molecular flexibility index (Phi) is 8.84. The average molecular weight is 490 g/mol. The molecule has 0 aromatic heterocycles. The molecule has 5 nitrogen and oxygen atoms in total. The van der Waals surface area contributed by atoms with Gasteiger partial charge in [-0.05, 0) is 0 Å². The summed E-state index contributed by atoms with van der Waals surface area (Å²) in [6.45, 7) is 0.523. The maximum Gasteiger partial charge on any atom is -0.332 e. The third-order valence-electron chi connectivity index (χ3n) is 4.94. The van der Waals surface area contributed by atoms with E-state index < -0.39 is 0 Å². The van der Waals surface area contributed by atoms with Crippen LogP contribution in [0.5, 0.6) is 0 Å². The summed E-state index contributed by atoms with van der Waals surface area (Å²) in [4.78, 5) is 23.2. The Morgan fingerprint density at radius 3 is 2.82 bits per heavy atom. The molecule has 2 aliphatic rings. The van der Waals surface area contributed by atoms with E-state index in [9.17, 15) is 9.59 Å². The van der Waals surface area contributed by atoms with Crippen molar-refractivity contribution in [1.29, 1.82) is 0 Å². The minimum atomic E-state index is -0.0870. The van der Waals surface area contributed by atoms with Gasteiger partial charge in [0.05, 0.1) is 6.04 Å². The fraction of sp³-hybridized carbons (Fsp3) is 0.600. The van der Waals surface area contributed by atoms with Gasteiger partial charge in [-0.2, -0.15) is 0 Å². The van der Waals surface area contributed by atoms with Gasteiger partial charge >= 0.3 is 155 Å². The smallest absolute Gasteiger partial charge is 0.332 e. The molecule has 0 saturated carbocycles. The van der Waals surface area contributed by atoms with E-state index in [4.69, 9.17) is 16.3 Å². The summed E-state index contributed by atoms with van der Waals surface area (Å²) in [7, 11) is 0. The number of thioether (sulfide) groups is 1. The van der Waals surface area contributed by atoms with Gasteiger partial charge in [-0.1, -0.05) is 0 Å². The van der Waals surface area contributed by atoms with Crippen LogP contribution in [0.4, 0.5) is 4.79 Å². The quantitative estimate of drug-likeness (QED) is 0.217. The van der Waals surface area contributed by atoms with Crippen molar-refractivity contribution in [1.82, 2.24) is 10.6 Å². The maximum absolute atomic E-state index is 11.8. The number of halogens is 1. The van der Waals surface area contributed by atoms with Crippen LogP contribution in [0.1, 0.15) is 38.5 Å². The maximum atomic E-state index is 11.8. The van der Waals surface area contributed by atoms with Crippen LogP contribution in [0.3, 0.4) is 0 Å². The standard InChI is InChI=1S/C20H27ClN2O3SSe/c21-14-7-9-15(10-8-14)28-12-4-3-11-26-18(24)6-2-1-5-17-19-16(13-27-17)22-20(25)23-19/h7-10,16-17,19H,1-6,11-13H2,(H2,22,23,25)/t16-,17-,19-/m0/s1. The predicted octanol–water partition coefficient (Wildman–Crippen LogP) is 3.14. The average Bonchev–Trinajstić information content (AvgIpc) is 3.22. The van der Waals surface area contributed by atoms with Crippen LogP contribution in [-0.2, 0) is 9.53 Å². The molecule has 2 N–H and O–H groups in total. The van der Waals surface area contributed by atoms with Gasteiger partial charge in [-0.25, -0.2) is 4.79 Å². The van der Waals surface area contributed by atoms with Crippen LogP contribution in [0.2, 0.25) is 10.3 Å². The first kappa shape index (κ1) is 21.8. The predicted molar refractivity (Wildman–Crippen MR) is 116 cm³/mol. The van der Waals surface area contributed by atoms with Crippen molar-refractivity contribution in [3.8, 4) is 0 Å². The molecule has 0 aliphatic carbocycles. The monoisotopic (exact) mass is 490 g/mol. The number of urea groups is 1. The zero-order valence-electron chi connectivity index (χ0n) is 15.8. The summed E-state index contributed by atoms with van der Waals surface area (Å²) < 4.78 is 6.70. The second-order valence-electron chi connectivity index (χ2n) is 7.10. The van der Waals surface area contributed by atoms with Crippen molar-refractivity contribution >= 4 is 54.8 Å². The molecule has 2 saturated heterocycles. The van der Waals surface area contributed by atoms with Gasteiger partial charge in [-0.3, -0.25) is 0 Å². The Labute approximate surface area is 182 Å². The molecule has 0 radical (unpaired) electrons. The van der Waals surface area contributed by atoms with Crippen molar-refractivity contribution in [2.24, 2.45) is 0 Å². The number of ether oxygens (including phenoxy) is 1. The first-order valence-corrected chi connectivity index (χ1v) is 13.3. The largest absolute Gasteiger partial charge is 0.332 e. The second kappa shape index (κ2) is 11.3. The number of benzene rings is 1. The van der Waals surface area contributed by atoms with Gasteiger partial charge in [0.15, 0.2) is 0 Å². The molecular formula is C20H27ClN2O3SSe. The summed E-state index contributed by atoms with van der Waals surface area (Å²) in [6.07, 6.45) is 5.38. The molecule has 0 unspecified atom stereocenters. The molecule has 154 valence electrons. The molecule has 0 bridgehead atoms. The van der Waals surface area contributed by atoms with Gasteiger partial charge in [-0.15, -0.1) is 0 Å². The number of amides is 2. The summed E-state index contributed by atoms with van der Waals surface area (Å²) in [5, 5.41) is 8.35. The molecule has 2 heterocycles. The first-order chi connectivity index (χ1) is 13.6. The van der Waals surface area contributed by atoms with E-state index >= 15 is 0 Å². The SMILES string of the molecule is O=C1N[C@H]2[C@H](CS[C@H]2CCCCC(=O)OCCCC[Se]c2ccc(Cl)cc2)N1. The van der Waals surface area contributed by atoms with E-state index in [0.717, 1.165) is 48.2 Å². The second-order valence-corrected chi connectivity index (χ2v) is 11.3. The third kappa shape index (κ3) is 6.87. The van der Waals surface area contributed by atoms with Crippen molar-refractivity contribution in [3.05, 3.63) is 29.3 Å². The molecule has 3 atom stereocenters. The van der Waals surface area contributed by atoms with Crippen molar-refractivity contribution in [2.75, 3.05) is 12.4 Å². The molecule has 2 amide bonds. The minimum Gasteiger partial charge on any atom is -0.332 e. The topological polar surface area (TPSA) is 67.4 Å². The Morgan fingerprint density at radius 2 is 2.00 bits per heavy atom. The van der Waals surface area contributed by atoms with E-state index in [2.05, 4.69) is 22.8 Å². The number of fused-ring (bicyclic) bond motifs is 1. The fourth-order valence-corrected chi connectivity index (χ4v) is 7.03. The third-order valence-corrected chi connectivity index (χ3v) is 9.01. The zero-order chi connectivity index (χ0) is 19.8. The van der Waals surface area contributed by atoms with Crippen molar-refractivity contribution < 1.29 is 14.3 Å². The molecule has 2 fully saturated rings. The summed E-state index contributed by atoms with van der Waals surface area (Å²) >= 11 is 8.26.